The fourth-order valence-corrected chi connectivity index (χ4v) is 1.83. The van der Waals surface area contributed by atoms with Gasteiger partial charge < -0.3 is 11.1 Å². The summed E-state index contributed by atoms with van der Waals surface area (Å²) in [5.74, 6) is 1.19. The minimum absolute atomic E-state index is 0.496. The summed E-state index contributed by atoms with van der Waals surface area (Å²) in [6, 6.07) is 9.34. The molecule has 0 unspecified atom stereocenters. The number of aromatic nitrogens is 2. The van der Waals surface area contributed by atoms with Crippen molar-refractivity contribution in [3.05, 3.63) is 41.7 Å². The first-order valence-corrected chi connectivity index (χ1v) is 6.11. The second kappa shape index (κ2) is 5.83. The van der Waals surface area contributed by atoms with E-state index in [2.05, 4.69) is 28.3 Å². The summed E-state index contributed by atoms with van der Waals surface area (Å²) < 4.78 is 0. The summed E-state index contributed by atoms with van der Waals surface area (Å²) in [5, 5.41) is 12.1. The molecule has 19 heavy (non-hydrogen) atoms. The highest BCUT2D eigenvalue weighted by Gasteiger charge is 2.08. The van der Waals surface area contributed by atoms with Gasteiger partial charge in [-0.1, -0.05) is 19.4 Å². The molecule has 0 aliphatic heterocycles. The average molecular weight is 253 g/mol. The van der Waals surface area contributed by atoms with E-state index in [0.29, 0.717) is 17.2 Å². The molecule has 0 atom stereocenters. The lowest BCUT2D eigenvalue weighted by Crippen LogP contribution is -2.05. The molecule has 96 valence electrons. The molecule has 0 spiro atoms. The fraction of sp³-hybridized carbons (Fsp3) is 0.214. The van der Waals surface area contributed by atoms with Gasteiger partial charge in [-0.25, -0.2) is 9.97 Å². The highest BCUT2D eigenvalue weighted by Crippen LogP contribution is 2.23. The van der Waals surface area contributed by atoms with Crippen molar-refractivity contribution in [1.82, 2.24) is 9.97 Å². The van der Waals surface area contributed by atoms with E-state index in [1.807, 2.05) is 12.1 Å². The first kappa shape index (κ1) is 12.8. The van der Waals surface area contributed by atoms with Gasteiger partial charge in [-0.2, -0.15) is 5.26 Å². The van der Waals surface area contributed by atoms with Gasteiger partial charge in [0.05, 0.1) is 11.6 Å². The Labute approximate surface area is 112 Å². The number of hydrogen-bond donors (Lipinski definition) is 2. The maximum Gasteiger partial charge on any atom is 0.139 e. The molecule has 0 aliphatic rings. The van der Waals surface area contributed by atoms with Gasteiger partial charge in [-0.05, 0) is 24.6 Å². The highest BCUT2D eigenvalue weighted by molar-refractivity contribution is 5.64. The van der Waals surface area contributed by atoms with Crippen molar-refractivity contribution < 1.29 is 0 Å². The Kier molecular flexibility index (Phi) is 3.94. The van der Waals surface area contributed by atoms with Gasteiger partial charge in [0.1, 0.15) is 18.0 Å². The second-order valence-corrected chi connectivity index (χ2v) is 4.15. The topological polar surface area (TPSA) is 87.6 Å². The molecule has 0 fully saturated rings. The minimum atomic E-state index is 0.496. The Hall–Kier alpha value is -2.61. The van der Waals surface area contributed by atoms with Crippen LogP contribution in [0.25, 0.3) is 0 Å². The Morgan fingerprint density at radius 2 is 2.21 bits per heavy atom. The lowest BCUT2D eigenvalue weighted by atomic mass is 10.1. The predicted molar refractivity (Wildman–Crippen MR) is 74.9 cm³/mol. The minimum Gasteiger partial charge on any atom is -0.383 e. The van der Waals surface area contributed by atoms with Crippen LogP contribution in [0, 0.1) is 11.3 Å². The SMILES string of the molecule is CCCc1c(N)ncnc1Nc1cccc(C#N)c1. The molecule has 0 saturated heterocycles. The van der Waals surface area contributed by atoms with E-state index in [0.717, 1.165) is 24.1 Å². The lowest BCUT2D eigenvalue weighted by molar-refractivity contribution is 0.908. The molecule has 0 saturated carbocycles. The van der Waals surface area contributed by atoms with Gasteiger partial charge >= 0.3 is 0 Å². The number of anilines is 3. The van der Waals surface area contributed by atoms with E-state index in [4.69, 9.17) is 11.0 Å². The van der Waals surface area contributed by atoms with Crippen molar-refractivity contribution in [1.29, 1.82) is 5.26 Å². The predicted octanol–water partition coefficient (Wildman–Crippen LogP) is 2.63. The summed E-state index contributed by atoms with van der Waals surface area (Å²) in [7, 11) is 0. The van der Waals surface area contributed by atoms with E-state index in [9.17, 15) is 0 Å². The van der Waals surface area contributed by atoms with Gasteiger partial charge in [0.15, 0.2) is 0 Å². The zero-order valence-electron chi connectivity index (χ0n) is 10.7. The van der Waals surface area contributed by atoms with Crippen LogP contribution in [0.4, 0.5) is 17.3 Å². The van der Waals surface area contributed by atoms with Crippen LogP contribution in [-0.4, -0.2) is 9.97 Å². The standard InChI is InChI=1S/C14H15N5/c1-2-4-12-13(16)17-9-18-14(12)19-11-6-3-5-10(7-11)8-15/h3,5-7,9H,2,4H2,1H3,(H3,16,17,18,19). The zero-order valence-corrected chi connectivity index (χ0v) is 10.7. The van der Waals surface area contributed by atoms with E-state index in [1.165, 1.54) is 6.33 Å². The molecule has 5 heteroatoms. The Balaban J connectivity index is 2.32. The molecule has 0 radical (unpaired) electrons. The number of nitrogens with zero attached hydrogens (tertiary/aromatic N) is 3. The zero-order chi connectivity index (χ0) is 13.7. The van der Waals surface area contributed by atoms with Crippen LogP contribution in [0.5, 0.6) is 0 Å². The molecule has 1 heterocycles. The molecule has 1 aromatic heterocycles. The van der Waals surface area contributed by atoms with Crippen LogP contribution in [0.15, 0.2) is 30.6 Å². The average Bonchev–Trinajstić information content (AvgIpc) is 2.43. The van der Waals surface area contributed by atoms with Crippen LogP contribution in [0.1, 0.15) is 24.5 Å². The summed E-state index contributed by atoms with van der Waals surface area (Å²) in [5.41, 5.74) is 8.20. The summed E-state index contributed by atoms with van der Waals surface area (Å²) in [6.07, 6.45) is 3.21. The number of hydrogen-bond acceptors (Lipinski definition) is 5. The number of nitrogens with one attached hydrogen (secondary N) is 1. The van der Waals surface area contributed by atoms with Crippen molar-refractivity contribution in [3.8, 4) is 6.07 Å². The first-order valence-electron chi connectivity index (χ1n) is 6.11. The van der Waals surface area contributed by atoms with Crippen LogP contribution >= 0.6 is 0 Å². The van der Waals surface area contributed by atoms with Crippen LogP contribution in [-0.2, 0) is 6.42 Å². The number of nitrogen functional groups attached to an aromatic ring is 1. The molecule has 0 bridgehead atoms. The lowest BCUT2D eigenvalue weighted by Gasteiger charge is -2.11. The first-order chi connectivity index (χ1) is 9.24. The number of benzene rings is 1. The normalized spacial score (nSPS) is 9.89. The van der Waals surface area contributed by atoms with Gasteiger partial charge in [0, 0.05) is 11.3 Å². The van der Waals surface area contributed by atoms with Crippen molar-refractivity contribution in [3.63, 3.8) is 0 Å². The third kappa shape index (κ3) is 2.99. The molecule has 1 aromatic carbocycles. The molecular formula is C14H15N5. The number of nitriles is 1. The Morgan fingerprint density at radius 1 is 1.37 bits per heavy atom. The van der Waals surface area contributed by atoms with Gasteiger partial charge in [0.25, 0.3) is 0 Å². The molecule has 0 amide bonds. The van der Waals surface area contributed by atoms with Gasteiger partial charge in [-0.15, -0.1) is 0 Å². The summed E-state index contributed by atoms with van der Waals surface area (Å²) >= 11 is 0. The molecule has 2 rings (SSSR count). The Bertz CT molecular complexity index is 615. The third-order valence-corrected chi connectivity index (χ3v) is 2.73. The van der Waals surface area contributed by atoms with Gasteiger partial charge in [-0.3, -0.25) is 0 Å². The van der Waals surface area contributed by atoms with Crippen molar-refractivity contribution in [2.75, 3.05) is 11.1 Å². The smallest absolute Gasteiger partial charge is 0.139 e. The largest absolute Gasteiger partial charge is 0.383 e. The quantitative estimate of drug-likeness (QED) is 0.874. The molecule has 2 aromatic rings. The maximum absolute atomic E-state index is 8.89. The Morgan fingerprint density at radius 3 is 2.95 bits per heavy atom. The van der Waals surface area contributed by atoms with Gasteiger partial charge in [0.2, 0.25) is 0 Å². The van der Waals surface area contributed by atoms with E-state index in [1.54, 1.807) is 12.1 Å². The third-order valence-electron chi connectivity index (χ3n) is 2.73. The summed E-state index contributed by atoms with van der Waals surface area (Å²) in [6.45, 7) is 2.08. The molecule has 5 nitrogen and oxygen atoms in total. The monoisotopic (exact) mass is 253 g/mol. The number of rotatable bonds is 4. The maximum atomic E-state index is 8.89. The summed E-state index contributed by atoms with van der Waals surface area (Å²) in [4.78, 5) is 8.23. The van der Waals surface area contributed by atoms with E-state index < -0.39 is 0 Å². The molecule has 0 aliphatic carbocycles. The van der Waals surface area contributed by atoms with Crippen LogP contribution < -0.4 is 11.1 Å². The van der Waals surface area contributed by atoms with E-state index in [-0.39, 0.29) is 0 Å². The van der Waals surface area contributed by atoms with Crippen molar-refractivity contribution >= 4 is 17.3 Å². The number of nitrogens with two attached hydrogens (primary N) is 1. The van der Waals surface area contributed by atoms with Crippen molar-refractivity contribution in [2.24, 2.45) is 0 Å². The van der Waals surface area contributed by atoms with Crippen LogP contribution in [0.2, 0.25) is 0 Å². The van der Waals surface area contributed by atoms with Crippen LogP contribution in [0.3, 0.4) is 0 Å². The molecular weight excluding hydrogens is 238 g/mol. The highest BCUT2D eigenvalue weighted by atomic mass is 15.0. The second-order valence-electron chi connectivity index (χ2n) is 4.15. The fourth-order valence-electron chi connectivity index (χ4n) is 1.83. The van der Waals surface area contributed by atoms with E-state index >= 15 is 0 Å². The van der Waals surface area contributed by atoms with Crippen molar-refractivity contribution in [2.45, 2.75) is 19.8 Å². The molecule has 3 N–H and O–H groups in total.